The summed E-state index contributed by atoms with van der Waals surface area (Å²) in [6, 6.07) is 29.6. The fourth-order valence-electron chi connectivity index (χ4n) is 5.09. The average molecular weight is 443 g/mol. The lowest BCUT2D eigenvalue weighted by molar-refractivity contribution is 0.728. The predicted octanol–water partition coefficient (Wildman–Crippen LogP) is 7.29. The molecule has 1 aliphatic heterocycles. The summed E-state index contributed by atoms with van der Waals surface area (Å²) < 4.78 is 0. The van der Waals surface area contributed by atoms with Gasteiger partial charge in [0.15, 0.2) is 0 Å². The molecule has 0 radical (unpaired) electrons. The van der Waals surface area contributed by atoms with Crippen molar-refractivity contribution in [3.05, 3.63) is 114 Å². The van der Waals surface area contributed by atoms with Crippen molar-refractivity contribution in [3.63, 3.8) is 0 Å². The van der Waals surface area contributed by atoms with Crippen LogP contribution < -0.4 is 16.0 Å². The van der Waals surface area contributed by atoms with Crippen molar-refractivity contribution >= 4 is 44.9 Å². The van der Waals surface area contributed by atoms with Gasteiger partial charge >= 0.3 is 0 Å². The molecule has 4 aromatic carbocycles. The van der Waals surface area contributed by atoms with Crippen LogP contribution in [0.25, 0.3) is 10.8 Å². The van der Waals surface area contributed by atoms with Gasteiger partial charge in [-0.15, -0.1) is 0 Å². The molecule has 2 aliphatic rings. The van der Waals surface area contributed by atoms with Crippen LogP contribution in [0.2, 0.25) is 0 Å². The van der Waals surface area contributed by atoms with Crippen LogP contribution in [0, 0.1) is 6.92 Å². The van der Waals surface area contributed by atoms with Crippen LogP contribution in [-0.4, -0.2) is 11.3 Å². The standard InChI is InChI=1S/C30H26N4/c1-20-9-8-10-22(17-20)32-26-18-27-29(25-14-7-6-13-24(25)26)33-28-16-15-21(31)19-30(28,2)34(27)23-11-4-3-5-12-23/h3-19,32H,31H2,1-2H3. The molecule has 166 valence electrons. The normalized spacial score (nSPS) is 18.7. The van der Waals surface area contributed by atoms with Crippen molar-refractivity contribution in [2.24, 2.45) is 10.7 Å². The fourth-order valence-corrected chi connectivity index (χ4v) is 5.09. The second kappa shape index (κ2) is 7.63. The van der Waals surface area contributed by atoms with E-state index in [1.54, 1.807) is 0 Å². The number of allylic oxidation sites excluding steroid dienone is 1. The zero-order chi connectivity index (χ0) is 23.3. The van der Waals surface area contributed by atoms with Gasteiger partial charge in [0.05, 0.1) is 17.1 Å². The summed E-state index contributed by atoms with van der Waals surface area (Å²) in [4.78, 5) is 7.56. The molecule has 4 nitrogen and oxygen atoms in total. The van der Waals surface area contributed by atoms with Gasteiger partial charge in [-0.3, -0.25) is 0 Å². The molecule has 0 bridgehead atoms. The van der Waals surface area contributed by atoms with Crippen LogP contribution >= 0.6 is 0 Å². The second-order valence-electron chi connectivity index (χ2n) is 9.13. The quantitative estimate of drug-likeness (QED) is 0.350. The molecule has 0 amide bonds. The van der Waals surface area contributed by atoms with E-state index < -0.39 is 5.54 Å². The van der Waals surface area contributed by atoms with Crippen molar-refractivity contribution in [1.29, 1.82) is 0 Å². The maximum Gasteiger partial charge on any atom is 0.105 e. The minimum absolute atomic E-state index is 0.504. The van der Waals surface area contributed by atoms with Crippen LogP contribution in [-0.2, 0) is 0 Å². The van der Waals surface area contributed by atoms with E-state index in [0.29, 0.717) is 0 Å². The molecule has 0 spiro atoms. The number of aliphatic imine (C=N–C) groups is 1. The number of rotatable bonds is 3. The third-order valence-electron chi connectivity index (χ3n) is 6.65. The molecular formula is C30H26N4. The Morgan fingerprint density at radius 3 is 2.41 bits per heavy atom. The molecule has 0 saturated heterocycles. The number of nitrogens with two attached hydrogens (primary N) is 1. The number of hydrogen-bond donors (Lipinski definition) is 2. The van der Waals surface area contributed by atoms with E-state index in [1.807, 2.05) is 18.2 Å². The van der Waals surface area contributed by atoms with Crippen molar-refractivity contribution in [2.45, 2.75) is 19.4 Å². The first-order chi connectivity index (χ1) is 16.5. The molecule has 0 aromatic heterocycles. The predicted molar refractivity (Wildman–Crippen MR) is 144 cm³/mol. The van der Waals surface area contributed by atoms with E-state index in [4.69, 9.17) is 10.7 Å². The van der Waals surface area contributed by atoms with Gasteiger partial charge in [-0.05, 0) is 68.0 Å². The molecule has 6 rings (SSSR count). The zero-order valence-electron chi connectivity index (χ0n) is 19.3. The molecule has 0 saturated carbocycles. The molecular weight excluding hydrogens is 416 g/mol. The number of fused-ring (bicyclic) bond motifs is 4. The highest BCUT2D eigenvalue weighted by Crippen LogP contribution is 2.51. The number of aryl methyl sites for hydroxylation is 1. The molecule has 3 N–H and O–H groups in total. The van der Waals surface area contributed by atoms with Gasteiger partial charge in [-0.2, -0.15) is 0 Å². The van der Waals surface area contributed by atoms with Gasteiger partial charge in [0.1, 0.15) is 5.54 Å². The highest BCUT2D eigenvalue weighted by molar-refractivity contribution is 6.18. The van der Waals surface area contributed by atoms with E-state index in [-0.39, 0.29) is 0 Å². The minimum Gasteiger partial charge on any atom is -0.399 e. The first-order valence-corrected chi connectivity index (χ1v) is 11.5. The van der Waals surface area contributed by atoms with Gasteiger partial charge in [0, 0.05) is 33.5 Å². The SMILES string of the molecule is Cc1cccc(Nc2cc3c(c4ccccc24)N=C2C=CC(N)=CC2(C)N3c2ccccc2)c1. The maximum absolute atomic E-state index is 6.30. The van der Waals surface area contributed by atoms with Crippen LogP contribution in [0.4, 0.5) is 28.4 Å². The summed E-state index contributed by atoms with van der Waals surface area (Å²) in [7, 11) is 0. The van der Waals surface area contributed by atoms with Crippen LogP contribution in [0.5, 0.6) is 0 Å². The summed E-state index contributed by atoms with van der Waals surface area (Å²) in [5.41, 5.74) is 14.0. The van der Waals surface area contributed by atoms with Gasteiger partial charge in [-0.25, -0.2) is 4.99 Å². The second-order valence-corrected chi connectivity index (χ2v) is 9.13. The lowest BCUT2D eigenvalue weighted by Crippen LogP contribution is -2.51. The zero-order valence-corrected chi connectivity index (χ0v) is 19.3. The van der Waals surface area contributed by atoms with Crippen molar-refractivity contribution in [1.82, 2.24) is 0 Å². The van der Waals surface area contributed by atoms with Crippen molar-refractivity contribution in [3.8, 4) is 0 Å². The van der Waals surface area contributed by atoms with Crippen LogP contribution in [0.15, 0.2) is 114 Å². The van der Waals surface area contributed by atoms with E-state index in [0.717, 1.165) is 50.6 Å². The monoisotopic (exact) mass is 442 g/mol. The van der Waals surface area contributed by atoms with Crippen LogP contribution in [0.3, 0.4) is 0 Å². The molecule has 1 atom stereocenters. The largest absolute Gasteiger partial charge is 0.399 e. The van der Waals surface area contributed by atoms with Crippen molar-refractivity contribution < 1.29 is 0 Å². The topological polar surface area (TPSA) is 53.6 Å². The number of hydrogen-bond acceptors (Lipinski definition) is 4. The Kier molecular flexibility index (Phi) is 4.56. The smallest absolute Gasteiger partial charge is 0.105 e. The molecule has 1 aliphatic carbocycles. The Balaban J connectivity index is 1.65. The summed E-state index contributed by atoms with van der Waals surface area (Å²) in [5, 5.41) is 5.92. The average Bonchev–Trinajstić information content (AvgIpc) is 2.83. The summed E-state index contributed by atoms with van der Waals surface area (Å²) in [6.45, 7) is 4.29. The number of para-hydroxylation sites is 1. The Hall–Kier alpha value is -4.31. The maximum atomic E-state index is 6.30. The Bertz CT molecular complexity index is 1510. The Labute approximate surface area is 199 Å². The lowest BCUT2D eigenvalue weighted by Gasteiger charge is -2.46. The van der Waals surface area contributed by atoms with E-state index in [1.165, 1.54) is 5.56 Å². The van der Waals surface area contributed by atoms with Gasteiger partial charge in [-0.1, -0.05) is 54.6 Å². The highest BCUT2D eigenvalue weighted by atomic mass is 15.2. The van der Waals surface area contributed by atoms with E-state index in [2.05, 4.69) is 109 Å². The molecule has 1 unspecified atom stereocenters. The Morgan fingerprint density at radius 1 is 0.853 bits per heavy atom. The first-order valence-electron chi connectivity index (χ1n) is 11.5. The third kappa shape index (κ3) is 3.19. The molecule has 4 aromatic rings. The third-order valence-corrected chi connectivity index (χ3v) is 6.65. The molecule has 1 heterocycles. The van der Waals surface area contributed by atoms with Crippen molar-refractivity contribution in [2.75, 3.05) is 10.2 Å². The first kappa shape index (κ1) is 20.3. The fraction of sp³-hybridized carbons (Fsp3) is 0.100. The highest BCUT2D eigenvalue weighted by Gasteiger charge is 2.41. The molecule has 4 heteroatoms. The molecule has 34 heavy (non-hydrogen) atoms. The number of nitrogens with zero attached hydrogens (tertiary/aromatic N) is 2. The number of anilines is 4. The summed E-state index contributed by atoms with van der Waals surface area (Å²) in [5.74, 6) is 0. The van der Waals surface area contributed by atoms with E-state index >= 15 is 0 Å². The lowest BCUT2D eigenvalue weighted by atomic mass is 9.84. The number of nitrogens with one attached hydrogen (secondary N) is 1. The van der Waals surface area contributed by atoms with E-state index in [9.17, 15) is 0 Å². The number of benzene rings is 4. The van der Waals surface area contributed by atoms with Gasteiger partial charge in [0.2, 0.25) is 0 Å². The minimum atomic E-state index is -0.504. The van der Waals surface area contributed by atoms with Crippen LogP contribution in [0.1, 0.15) is 12.5 Å². The summed E-state index contributed by atoms with van der Waals surface area (Å²) >= 11 is 0. The summed E-state index contributed by atoms with van der Waals surface area (Å²) in [6.07, 6.45) is 6.08. The Morgan fingerprint density at radius 2 is 1.62 bits per heavy atom. The van der Waals surface area contributed by atoms with Gasteiger partial charge in [0.25, 0.3) is 0 Å². The molecule has 0 fully saturated rings. The van der Waals surface area contributed by atoms with Gasteiger partial charge < -0.3 is 16.0 Å².